The average Bonchev–Trinajstić information content (AvgIpc) is 2.90. The molecule has 0 radical (unpaired) electrons. The van der Waals surface area contributed by atoms with E-state index in [2.05, 4.69) is 13.8 Å². The summed E-state index contributed by atoms with van der Waals surface area (Å²) in [5, 5.41) is 0.191. The lowest BCUT2D eigenvalue weighted by Crippen LogP contribution is -2.14. The monoisotopic (exact) mass is 508 g/mol. The molecule has 0 heterocycles. The molecule has 0 saturated heterocycles. The molecule has 0 aliphatic heterocycles. The summed E-state index contributed by atoms with van der Waals surface area (Å²) in [6, 6.07) is 17.0. The minimum absolute atomic E-state index is 0.191. The van der Waals surface area contributed by atoms with E-state index in [0.717, 1.165) is 60.3 Å². The molecule has 3 aromatic carbocycles. The van der Waals surface area contributed by atoms with Gasteiger partial charge in [-0.25, -0.2) is 8.78 Å². The molecule has 0 atom stereocenters. The fourth-order valence-corrected chi connectivity index (χ4v) is 5.99. The number of rotatable bonds is 10. The molecule has 0 amide bonds. The molecule has 1 fully saturated rings. The molecule has 1 aliphatic rings. The summed E-state index contributed by atoms with van der Waals surface area (Å²) in [5.74, 6) is 0.567. The van der Waals surface area contributed by atoms with Crippen molar-refractivity contribution in [2.75, 3.05) is 0 Å². The van der Waals surface area contributed by atoms with Crippen LogP contribution < -0.4 is 0 Å². The largest absolute Gasteiger partial charge is 0.206 e. The smallest absolute Gasteiger partial charge is 0.145 e. The Balaban J connectivity index is 1.46. The fourth-order valence-electron chi connectivity index (χ4n) is 5.71. The highest BCUT2D eigenvalue weighted by Crippen LogP contribution is 2.42. The number of hydrogen-bond donors (Lipinski definition) is 0. The van der Waals surface area contributed by atoms with Gasteiger partial charge in [0.15, 0.2) is 0 Å². The van der Waals surface area contributed by atoms with E-state index in [0.29, 0.717) is 11.1 Å². The van der Waals surface area contributed by atoms with Crippen LogP contribution in [0.5, 0.6) is 0 Å². The normalized spacial score (nSPS) is 17.9. The SMILES string of the molecule is CCCCCC1CCC(c2ccc(-c3ccc(-c4ccc(CCCC)cc4F)cc3)c(Cl)c2F)CC1. The van der Waals surface area contributed by atoms with E-state index in [4.69, 9.17) is 11.6 Å². The number of benzene rings is 3. The lowest BCUT2D eigenvalue weighted by molar-refractivity contribution is 0.299. The second-order valence-electron chi connectivity index (χ2n) is 10.5. The van der Waals surface area contributed by atoms with Crippen LogP contribution in [0.4, 0.5) is 8.78 Å². The molecule has 3 heteroatoms. The van der Waals surface area contributed by atoms with E-state index < -0.39 is 0 Å². The van der Waals surface area contributed by atoms with Gasteiger partial charge in [0.05, 0.1) is 5.02 Å². The number of unbranched alkanes of at least 4 members (excludes halogenated alkanes) is 3. The summed E-state index contributed by atoms with van der Waals surface area (Å²) in [7, 11) is 0. The molecule has 0 spiro atoms. The lowest BCUT2D eigenvalue weighted by Gasteiger charge is -2.29. The summed E-state index contributed by atoms with van der Waals surface area (Å²) >= 11 is 6.57. The third kappa shape index (κ3) is 6.38. The van der Waals surface area contributed by atoms with E-state index >= 15 is 4.39 Å². The number of halogens is 3. The fraction of sp³-hybridized carbons (Fsp3) is 0.455. The Morgan fingerprint density at radius 1 is 0.750 bits per heavy atom. The zero-order chi connectivity index (χ0) is 25.5. The Morgan fingerprint density at radius 2 is 1.39 bits per heavy atom. The van der Waals surface area contributed by atoms with Crippen LogP contribution in [-0.4, -0.2) is 0 Å². The molecule has 1 aliphatic carbocycles. The van der Waals surface area contributed by atoms with Gasteiger partial charge in [-0.1, -0.05) is 106 Å². The van der Waals surface area contributed by atoms with Crippen LogP contribution in [0.3, 0.4) is 0 Å². The number of aryl methyl sites for hydroxylation is 1. The maximum absolute atomic E-state index is 15.4. The third-order valence-corrected chi connectivity index (χ3v) is 8.34. The first-order valence-corrected chi connectivity index (χ1v) is 14.3. The van der Waals surface area contributed by atoms with Gasteiger partial charge in [0.25, 0.3) is 0 Å². The van der Waals surface area contributed by atoms with Crippen molar-refractivity contribution in [2.45, 2.75) is 90.4 Å². The van der Waals surface area contributed by atoms with Crippen LogP contribution in [0.1, 0.15) is 95.1 Å². The maximum Gasteiger partial charge on any atom is 0.145 e. The van der Waals surface area contributed by atoms with E-state index in [1.807, 2.05) is 48.5 Å². The molecule has 36 heavy (non-hydrogen) atoms. The predicted molar refractivity (Wildman–Crippen MR) is 150 cm³/mol. The minimum atomic E-state index is -0.276. The van der Waals surface area contributed by atoms with Crippen LogP contribution in [0, 0.1) is 17.6 Å². The first-order chi connectivity index (χ1) is 17.5. The van der Waals surface area contributed by atoms with Gasteiger partial charge in [0.2, 0.25) is 0 Å². The summed E-state index contributed by atoms with van der Waals surface area (Å²) in [6.45, 7) is 4.38. The van der Waals surface area contributed by atoms with Crippen molar-refractivity contribution in [1.29, 1.82) is 0 Å². The van der Waals surface area contributed by atoms with Crippen LogP contribution >= 0.6 is 11.6 Å². The van der Waals surface area contributed by atoms with Crippen molar-refractivity contribution in [3.8, 4) is 22.3 Å². The molecule has 0 unspecified atom stereocenters. The van der Waals surface area contributed by atoms with Crippen LogP contribution in [0.2, 0.25) is 5.02 Å². The Hall–Kier alpha value is -2.19. The highest BCUT2D eigenvalue weighted by atomic mass is 35.5. The molecule has 3 aromatic rings. The van der Waals surface area contributed by atoms with Gasteiger partial charge < -0.3 is 0 Å². The average molecular weight is 509 g/mol. The molecular weight excluding hydrogens is 470 g/mol. The Kier molecular flexibility index (Phi) is 9.60. The van der Waals surface area contributed by atoms with Crippen molar-refractivity contribution in [3.63, 3.8) is 0 Å². The zero-order valence-corrected chi connectivity index (χ0v) is 22.5. The first-order valence-electron chi connectivity index (χ1n) is 13.9. The van der Waals surface area contributed by atoms with Crippen LogP contribution in [0.25, 0.3) is 22.3 Å². The summed E-state index contributed by atoms with van der Waals surface area (Å²) in [6.07, 6.45) is 12.7. The first kappa shape index (κ1) is 26.9. The molecule has 4 rings (SSSR count). The van der Waals surface area contributed by atoms with E-state index in [1.165, 1.54) is 38.5 Å². The molecule has 1 saturated carbocycles. The summed E-state index contributed by atoms with van der Waals surface area (Å²) in [5.41, 5.74) is 4.71. The van der Waals surface area contributed by atoms with E-state index in [1.54, 1.807) is 6.07 Å². The molecule has 0 bridgehead atoms. The topological polar surface area (TPSA) is 0 Å². The van der Waals surface area contributed by atoms with Gasteiger partial charge >= 0.3 is 0 Å². The van der Waals surface area contributed by atoms with Crippen molar-refractivity contribution in [2.24, 2.45) is 5.92 Å². The Labute approximate surface area is 221 Å². The Morgan fingerprint density at radius 3 is 2.03 bits per heavy atom. The van der Waals surface area contributed by atoms with Crippen LogP contribution in [-0.2, 0) is 6.42 Å². The number of hydrogen-bond acceptors (Lipinski definition) is 0. The van der Waals surface area contributed by atoms with Gasteiger partial charge in [0, 0.05) is 11.1 Å². The summed E-state index contributed by atoms with van der Waals surface area (Å²) < 4.78 is 30.2. The van der Waals surface area contributed by atoms with Crippen molar-refractivity contribution >= 4 is 11.6 Å². The van der Waals surface area contributed by atoms with Gasteiger partial charge in [-0.2, -0.15) is 0 Å². The molecule has 0 nitrogen and oxygen atoms in total. The second-order valence-corrected chi connectivity index (χ2v) is 10.9. The molecule has 0 N–H and O–H groups in total. The Bertz CT molecular complexity index is 1130. The zero-order valence-electron chi connectivity index (χ0n) is 21.8. The lowest BCUT2D eigenvalue weighted by atomic mass is 9.76. The van der Waals surface area contributed by atoms with Crippen molar-refractivity contribution in [1.82, 2.24) is 0 Å². The van der Waals surface area contributed by atoms with Crippen molar-refractivity contribution in [3.05, 3.63) is 82.4 Å². The molecular formula is C33H39ClF2. The van der Waals surface area contributed by atoms with Crippen LogP contribution in [0.15, 0.2) is 54.6 Å². The molecule has 192 valence electrons. The van der Waals surface area contributed by atoms with Gasteiger partial charge in [-0.15, -0.1) is 0 Å². The van der Waals surface area contributed by atoms with E-state index in [-0.39, 0.29) is 22.6 Å². The highest BCUT2D eigenvalue weighted by molar-refractivity contribution is 6.33. The van der Waals surface area contributed by atoms with E-state index in [9.17, 15) is 4.39 Å². The molecule has 0 aromatic heterocycles. The standard InChI is InChI=1S/C33H39ClF2/c1-3-5-7-9-23-10-13-27(14-11-23)30-21-20-29(32(34)33(30)36)26-17-15-25(16-18-26)28-19-12-24(8-6-4-2)22-31(28)35/h12,15-23,27H,3-11,13-14H2,1-2H3. The maximum atomic E-state index is 15.4. The minimum Gasteiger partial charge on any atom is -0.206 e. The second kappa shape index (κ2) is 12.9. The highest BCUT2D eigenvalue weighted by Gasteiger charge is 2.26. The quantitative estimate of drug-likeness (QED) is 0.239. The van der Waals surface area contributed by atoms with Gasteiger partial charge in [-0.3, -0.25) is 0 Å². The van der Waals surface area contributed by atoms with Crippen molar-refractivity contribution < 1.29 is 8.78 Å². The van der Waals surface area contributed by atoms with Gasteiger partial charge in [0.1, 0.15) is 11.6 Å². The summed E-state index contributed by atoms with van der Waals surface area (Å²) in [4.78, 5) is 0. The predicted octanol–water partition coefficient (Wildman–Crippen LogP) is 11.1. The van der Waals surface area contributed by atoms with Gasteiger partial charge in [-0.05, 0) is 78.7 Å². The third-order valence-electron chi connectivity index (χ3n) is 7.97.